The van der Waals surface area contributed by atoms with Crippen molar-refractivity contribution in [3.8, 4) is 11.3 Å². The minimum absolute atomic E-state index is 0.737. The quantitative estimate of drug-likeness (QED) is 0.811. The van der Waals surface area contributed by atoms with E-state index in [1.807, 2.05) is 29.9 Å². The van der Waals surface area contributed by atoms with Gasteiger partial charge < -0.3 is 5.73 Å². The number of nitrogens with zero attached hydrogens (tertiary/aromatic N) is 2. The van der Waals surface area contributed by atoms with Crippen LogP contribution in [-0.4, -0.2) is 9.78 Å². The Bertz CT molecular complexity index is 454. The molecule has 0 bridgehead atoms. The lowest BCUT2D eigenvalue weighted by Gasteiger charge is -1.99. The molecule has 0 aliphatic heterocycles. The third-order valence-electron chi connectivity index (χ3n) is 2.44. The highest BCUT2D eigenvalue weighted by Gasteiger charge is 2.06. The van der Waals surface area contributed by atoms with Crippen LogP contribution in [0.2, 0.25) is 0 Å². The Morgan fingerprint density at radius 3 is 2.47 bits per heavy atom. The van der Waals surface area contributed by atoms with E-state index in [4.69, 9.17) is 5.73 Å². The zero-order chi connectivity index (χ0) is 10.8. The lowest BCUT2D eigenvalue weighted by atomic mass is 10.1. The van der Waals surface area contributed by atoms with E-state index in [1.165, 1.54) is 5.56 Å². The van der Waals surface area contributed by atoms with Crippen molar-refractivity contribution in [2.45, 2.75) is 20.4 Å². The van der Waals surface area contributed by atoms with Gasteiger partial charge in [0.2, 0.25) is 0 Å². The summed E-state index contributed by atoms with van der Waals surface area (Å²) in [6, 6.07) is 8.24. The number of rotatable bonds is 2. The smallest absolute Gasteiger partial charge is 0.115 e. The summed E-state index contributed by atoms with van der Waals surface area (Å²) >= 11 is 0. The van der Waals surface area contributed by atoms with Gasteiger partial charge in [0, 0.05) is 18.3 Å². The fraction of sp³-hybridized carbons (Fsp3) is 0.250. The molecule has 1 aromatic heterocycles. The van der Waals surface area contributed by atoms with E-state index in [9.17, 15) is 0 Å². The van der Waals surface area contributed by atoms with Crippen molar-refractivity contribution < 1.29 is 0 Å². The van der Waals surface area contributed by atoms with Gasteiger partial charge >= 0.3 is 0 Å². The normalized spacial score (nSPS) is 10.5. The summed E-state index contributed by atoms with van der Waals surface area (Å²) in [6.07, 6.45) is 1.87. The molecular weight excluding hydrogens is 186 g/mol. The first kappa shape index (κ1) is 9.77. The van der Waals surface area contributed by atoms with Crippen LogP contribution in [0.5, 0.6) is 0 Å². The second-order valence-electron chi connectivity index (χ2n) is 3.65. The highest BCUT2D eigenvalue weighted by molar-refractivity contribution is 5.71. The summed E-state index contributed by atoms with van der Waals surface area (Å²) in [7, 11) is 0. The van der Waals surface area contributed by atoms with Crippen LogP contribution < -0.4 is 5.73 Å². The van der Waals surface area contributed by atoms with E-state index >= 15 is 0 Å². The number of aryl methyl sites for hydroxylation is 2. The predicted molar refractivity (Wildman–Crippen MR) is 62.5 cm³/mol. The average molecular weight is 201 g/mol. The maximum Gasteiger partial charge on any atom is 0.115 e. The summed E-state index contributed by atoms with van der Waals surface area (Å²) in [5, 5.41) is 4.42. The van der Waals surface area contributed by atoms with E-state index in [0.717, 1.165) is 23.5 Å². The summed E-state index contributed by atoms with van der Waals surface area (Å²) in [6.45, 7) is 4.96. The van der Waals surface area contributed by atoms with Crippen molar-refractivity contribution in [3.63, 3.8) is 0 Å². The van der Waals surface area contributed by atoms with Crippen molar-refractivity contribution in [1.82, 2.24) is 9.78 Å². The van der Waals surface area contributed by atoms with Gasteiger partial charge in [0.15, 0.2) is 0 Å². The minimum atomic E-state index is 0.737. The van der Waals surface area contributed by atoms with Crippen molar-refractivity contribution in [2.75, 3.05) is 5.73 Å². The fourth-order valence-electron chi connectivity index (χ4n) is 1.53. The largest absolute Gasteiger partial charge is 0.396 e. The molecule has 2 aromatic rings. The second-order valence-corrected chi connectivity index (χ2v) is 3.65. The van der Waals surface area contributed by atoms with E-state index in [1.54, 1.807) is 0 Å². The van der Waals surface area contributed by atoms with Crippen LogP contribution in [-0.2, 0) is 6.54 Å². The summed E-state index contributed by atoms with van der Waals surface area (Å²) < 4.78 is 1.85. The highest BCUT2D eigenvalue weighted by atomic mass is 15.3. The van der Waals surface area contributed by atoms with Crippen LogP contribution >= 0.6 is 0 Å². The maximum absolute atomic E-state index is 5.90. The molecule has 78 valence electrons. The number of nitrogen functional groups attached to an aromatic ring is 1. The number of hydrogen-bond acceptors (Lipinski definition) is 2. The van der Waals surface area contributed by atoms with E-state index < -0.39 is 0 Å². The molecule has 3 nitrogen and oxygen atoms in total. The Hall–Kier alpha value is -1.77. The molecule has 15 heavy (non-hydrogen) atoms. The Kier molecular flexibility index (Phi) is 2.46. The first-order valence-electron chi connectivity index (χ1n) is 5.10. The van der Waals surface area contributed by atoms with Gasteiger partial charge in [-0.25, -0.2) is 0 Å². The zero-order valence-corrected chi connectivity index (χ0v) is 9.07. The standard InChI is InChI=1S/C12H15N3/c1-3-15-8-11(13)12(14-15)10-6-4-9(2)5-7-10/h4-8H,3,13H2,1-2H3. The summed E-state index contributed by atoms with van der Waals surface area (Å²) in [5.41, 5.74) is 9.83. The van der Waals surface area contributed by atoms with Gasteiger partial charge in [-0.05, 0) is 13.8 Å². The van der Waals surface area contributed by atoms with Crippen molar-refractivity contribution >= 4 is 5.69 Å². The van der Waals surface area contributed by atoms with Gasteiger partial charge in [0.1, 0.15) is 5.69 Å². The molecule has 0 aliphatic carbocycles. The van der Waals surface area contributed by atoms with Crippen LogP contribution in [0, 0.1) is 6.92 Å². The molecule has 0 spiro atoms. The third-order valence-corrected chi connectivity index (χ3v) is 2.44. The molecular formula is C12H15N3. The van der Waals surface area contributed by atoms with Gasteiger partial charge in [-0.1, -0.05) is 29.8 Å². The van der Waals surface area contributed by atoms with Gasteiger partial charge in [0.05, 0.1) is 5.69 Å². The van der Waals surface area contributed by atoms with Crippen LogP contribution in [0.4, 0.5) is 5.69 Å². The first-order chi connectivity index (χ1) is 7.20. The molecule has 0 atom stereocenters. The van der Waals surface area contributed by atoms with Gasteiger partial charge in [-0.2, -0.15) is 5.10 Å². The Morgan fingerprint density at radius 1 is 1.27 bits per heavy atom. The van der Waals surface area contributed by atoms with Gasteiger partial charge in [0.25, 0.3) is 0 Å². The average Bonchev–Trinajstić information content (AvgIpc) is 2.61. The Labute approximate surface area is 89.5 Å². The topological polar surface area (TPSA) is 43.8 Å². The van der Waals surface area contributed by atoms with E-state index in [2.05, 4.69) is 24.2 Å². The number of hydrogen-bond donors (Lipinski definition) is 1. The van der Waals surface area contributed by atoms with Crippen LogP contribution in [0.15, 0.2) is 30.5 Å². The molecule has 0 unspecified atom stereocenters. The van der Waals surface area contributed by atoms with Crippen LogP contribution in [0.3, 0.4) is 0 Å². The van der Waals surface area contributed by atoms with Crippen molar-refractivity contribution in [3.05, 3.63) is 36.0 Å². The molecule has 2 rings (SSSR count). The molecule has 1 heterocycles. The fourth-order valence-corrected chi connectivity index (χ4v) is 1.53. The minimum Gasteiger partial charge on any atom is -0.396 e. The van der Waals surface area contributed by atoms with E-state index in [0.29, 0.717) is 0 Å². The molecule has 2 N–H and O–H groups in total. The van der Waals surface area contributed by atoms with E-state index in [-0.39, 0.29) is 0 Å². The number of anilines is 1. The lowest BCUT2D eigenvalue weighted by Crippen LogP contribution is -1.93. The monoisotopic (exact) mass is 201 g/mol. The molecule has 0 fully saturated rings. The molecule has 0 saturated carbocycles. The molecule has 3 heteroatoms. The van der Waals surface area contributed by atoms with Crippen molar-refractivity contribution in [1.29, 1.82) is 0 Å². The third kappa shape index (κ3) is 1.86. The number of aromatic nitrogens is 2. The summed E-state index contributed by atoms with van der Waals surface area (Å²) in [5.74, 6) is 0. The molecule has 1 aromatic carbocycles. The molecule has 0 aliphatic rings. The molecule has 0 saturated heterocycles. The van der Waals surface area contributed by atoms with Crippen LogP contribution in [0.1, 0.15) is 12.5 Å². The number of nitrogens with two attached hydrogens (primary N) is 1. The molecule has 0 radical (unpaired) electrons. The maximum atomic E-state index is 5.90. The van der Waals surface area contributed by atoms with Gasteiger partial charge in [-0.3, -0.25) is 4.68 Å². The lowest BCUT2D eigenvalue weighted by molar-refractivity contribution is 0.662. The SMILES string of the molecule is CCn1cc(N)c(-c2ccc(C)cc2)n1. The summed E-state index contributed by atoms with van der Waals surface area (Å²) in [4.78, 5) is 0. The van der Waals surface area contributed by atoms with Gasteiger partial charge in [-0.15, -0.1) is 0 Å². The Morgan fingerprint density at radius 2 is 1.93 bits per heavy atom. The second kappa shape index (κ2) is 3.77. The Balaban J connectivity index is 2.44. The number of benzene rings is 1. The highest BCUT2D eigenvalue weighted by Crippen LogP contribution is 2.23. The van der Waals surface area contributed by atoms with Crippen LogP contribution in [0.25, 0.3) is 11.3 Å². The molecule has 0 amide bonds. The zero-order valence-electron chi connectivity index (χ0n) is 9.07. The predicted octanol–water partition coefficient (Wildman–Crippen LogP) is 2.46. The first-order valence-corrected chi connectivity index (χ1v) is 5.10. The van der Waals surface area contributed by atoms with Crippen molar-refractivity contribution in [2.24, 2.45) is 0 Å².